The highest BCUT2D eigenvalue weighted by molar-refractivity contribution is 7.92. The first-order valence-corrected chi connectivity index (χ1v) is 13.9. The molecule has 0 bridgehead atoms. The molecule has 0 amide bonds. The van der Waals surface area contributed by atoms with Gasteiger partial charge < -0.3 is 4.18 Å². The van der Waals surface area contributed by atoms with Crippen molar-refractivity contribution in [3.63, 3.8) is 0 Å². The van der Waals surface area contributed by atoms with Gasteiger partial charge in [0.25, 0.3) is 0 Å². The van der Waals surface area contributed by atoms with Crippen LogP contribution in [-0.2, 0) is 10.6 Å². The molecule has 0 aromatic heterocycles. The molecule has 2 aliphatic carbocycles. The minimum atomic E-state index is 0.805. The van der Waals surface area contributed by atoms with Gasteiger partial charge >= 0.3 is 0 Å². The van der Waals surface area contributed by atoms with Gasteiger partial charge in [0.1, 0.15) is 0 Å². The molecule has 0 saturated heterocycles. The van der Waals surface area contributed by atoms with Gasteiger partial charge in [0.05, 0.1) is 19.3 Å². The monoisotopic (exact) mass is 445 g/mol. The minimum Gasteiger partial charge on any atom is -0.304 e. The van der Waals surface area contributed by atoms with Gasteiger partial charge in [0, 0.05) is 6.54 Å². The quantitative estimate of drug-likeness (QED) is 0.182. The summed E-state index contributed by atoms with van der Waals surface area (Å²) in [6.45, 7) is 3.39. The van der Waals surface area contributed by atoms with Crippen molar-refractivity contribution in [2.45, 2.75) is 103 Å². The van der Waals surface area contributed by atoms with Crippen LogP contribution in [0.5, 0.6) is 0 Å². The number of nitrogens with zero attached hydrogens (tertiary/aromatic N) is 1. The first-order valence-electron chi connectivity index (χ1n) is 13.2. The lowest BCUT2D eigenvalue weighted by molar-refractivity contribution is 0.155. The van der Waals surface area contributed by atoms with Crippen LogP contribution >= 0.6 is 12.2 Å². The number of hydrogen-bond donors (Lipinski definition) is 0. The van der Waals surface area contributed by atoms with Gasteiger partial charge in [-0.3, -0.25) is 0 Å². The lowest BCUT2D eigenvalue weighted by atomic mass is 9.68. The van der Waals surface area contributed by atoms with Crippen LogP contribution in [0.4, 0.5) is 0 Å². The summed E-state index contributed by atoms with van der Waals surface area (Å²) in [5.74, 6) is 3.92. The van der Waals surface area contributed by atoms with Crippen LogP contribution in [0.1, 0.15) is 107 Å². The van der Waals surface area contributed by atoms with E-state index in [2.05, 4.69) is 42.5 Å². The summed E-state index contributed by atoms with van der Waals surface area (Å²) in [6.07, 6.45) is 20.0. The van der Waals surface area contributed by atoms with Crippen LogP contribution < -0.4 is 0 Å². The van der Waals surface area contributed by atoms with E-state index in [9.17, 15) is 0 Å². The number of rotatable bonds is 12. The maximum absolute atomic E-state index is 5.10. The number of hydrogen-bond acceptors (Lipinski definition) is 3. The third kappa shape index (κ3) is 8.41. The lowest BCUT2D eigenvalue weighted by Gasteiger charge is -2.38. The first-order chi connectivity index (χ1) is 15.2. The first kappa shape index (κ1) is 25.1. The second-order valence-corrected chi connectivity index (χ2v) is 11.4. The summed E-state index contributed by atoms with van der Waals surface area (Å²) in [4.78, 5) is 0. The molecule has 1 aromatic carbocycles. The Morgan fingerprint density at radius 2 is 1.52 bits per heavy atom. The Morgan fingerprint density at radius 1 is 0.871 bits per heavy atom. The summed E-state index contributed by atoms with van der Waals surface area (Å²) in [6, 6.07) is 9.61. The predicted molar refractivity (Wildman–Crippen MR) is 136 cm³/mol. The molecular formula is C28H47NOS. The van der Waals surface area contributed by atoms with Crippen LogP contribution in [0.2, 0.25) is 0 Å². The van der Waals surface area contributed by atoms with E-state index in [1.165, 1.54) is 101 Å². The molecule has 3 heteroatoms. The summed E-state index contributed by atoms with van der Waals surface area (Å²) in [7, 11) is 3.82. The molecule has 2 nitrogen and oxygen atoms in total. The van der Waals surface area contributed by atoms with Crippen LogP contribution in [0.25, 0.3) is 0 Å². The Kier molecular flexibility index (Phi) is 11.3. The molecule has 1 aromatic rings. The Hall–Kier alpha value is -0.510. The van der Waals surface area contributed by atoms with Crippen molar-refractivity contribution in [1.29, 1.82) is 0 Å². The number of aryl methyl sites for hydroxylation is 1. The molecule has 0 spiro atoms. The van der Waals surface area contributed by atoms with E-state index in [-0.39, 0.29) is 0 Å². The second kappa shape index (κ2) is 13.9. The smallest absolute Gasteiger partial charge is 0.0813 e. The molecule has 2 fully saturated rings. The summed E-state index contributed by atoms with van der Waals surface area (Å²) in [5.41, 5.74) is 3.07. The highest BCUT2D eigenvalue weighted by atomic mass is 32.2. The molecule has 3 rings (SSSR count). The molecule has 2 saturated carbocycles. The molecule has 2 aliphatic rings. The SMILES string of the molecule is CCCCCC1CCC(C2CCC(c3ccc(CCCN(C)SOC)cc3)CC2)CC1. The van der Waals surface area contributed by atoms with Gasteiger partial charge in [-0.05, 0) is 93.2 Å². The van der Waals surface area contributed by atoms with E-state index in [0.717, 1.165) is 36.6 Å². The largest absolute Gasteiger partial charge is 0.304 e. The highest BCUT2D eigenvalue weighted by Crippen LogP contribution is 2.44. The van der Waals surface area contributed by atoms with Crippen LogP contribution in [0.3, 0.4) is 0 Å². The normalized spacial score (nSPS) is 27.0. The second-order valence-electron chi connectivity index (χ2n) is 10.3. The third-order valence-electron chi connectivity index (χ3n) is 8.14. The van der Waals surface area contributed by atoms with E-state index >= 15 is 0 Å². The third-order valence-corrected chi connectivity index (χ3v) is 8.72. The van der Waals surface area contributed by atoms with Gasteiger partial charge in [-0.25, -0.2) is 4.31 Å². The fraction of sp³-hybridized carbons (Fsp3) is 0.786. The zero-order valence-corrected chi connectivity index (χ0v) is 21.3. The Labute approximate surface area is 197 Å². The van der Waals surface area contributed by atoms with Gasteiger partial charge in [-0.1, -0.05) is 69.7 Å². The van der Waals surface area contributed by atoms with Crippen LogP contribution in [0.15, 0.2) is 24.3 Å². The fourth-order valence-corrected chi connectivity index (χ4v) is 6.64. The lowest BCUT2D eigenvalue weighted by Crippen LogP contribution is -2.25. The van der Waals surface area contributed by atoms with Crippen molar-refractivity contribution in [1.82, 2.24) is 4.31 Å². The molecular weight excluding hydrogens is 398 g/mol. The van der Waals surface area contributed by atoms with Crippen molar-refractivity contribution in [3.8, 4) is 0 Å². The predicted octanol–water partition coefficient (Wildman–Crippen LogP) is 8.42. The van der Waals surface area contributed by atoms with Crippen molar-refractivity contribution in [3.05, 3.63) is 35.4 Å². The van der Waals surface area contributed by atoms with Crippen molar-refractivity contribution >= 4 is 12.2 Å². The number of benzene rings is 1. The standard InChI is InChI=1S/C28H47NOS/c1-4-5-6-8-23-10-14-25(15-11-23)27-18-20-28(21-19-27)26-16-12-24(13-17-26)9-7-22-29(2)31-30-3/h12-13,16-17,23,25,27-28H,4-11,14-15,18-22H2,1-3H3. The van der Waals surface area contributed by atoms with E-state index in [4.69, 9.17) is 4.18 Å². The van der Waals surface area contributed by atoms with Crippen LogP contribution in [0, 0.1) is 17.8 Å². The maximum Gasteiger partial charge on any atom is 0.0813 e. The van der Waals surface area contributed by atoms with Gasteiger partial charge in [-0.2, -0.15) is 0 Å². The molecule has 0 radical (unpaired) electrons. The average Bonchev–Trinajstić information content (AvgIpc) is 2.81. The fourth-order valence-electron chi connectivity index (χ4n) is 6.18. The molecule has 0 N–H and O–H groups in total. The van der Waals surface area contributed by atoms with E-state index in [0.29, 0.717) is 0 Å². The molecule has 0 unspecified atom stereocenters. The molecule has 31 heavy (non-hydrogen) atoms. The molecule has 176 valence electrons. The van der Waals surface area contributed by atoms with Crippen molar-refractivity contribution in [2.24, 2.45) is 17.8 Å². The highest BCUT2D eigenvalue weighted by Gasteiger charge is 2.31. The van der Waals surface area contributed by atoms with Crippen LogP contribution in [-0.4, -0.2) is 25.0 Å². The molecule has 0 heterocycles. The molecule has 0 aliphatic heterocycles. The van der Waals surface area contributed by atoms with E-state index < -0.39 is 0 Å². The summed E-state index contributed by atoms with van der Waals surface area (Å²) < 4.78 is 7.26. The van der Waals surface area contributed by atoms with E-state index in [1.807, 2.05) is 0 Å². The zero-order chi connectivity index (χ0) is 21.9. The van der Waals surface area contributed by atoms with Crippen molar-refractivity contribution in [2.75, 3.05) is 20.7 Å². The molecule has 0 atom stereocenters. The maximum atomic E-state index is 5.10. The van der Waals surface area contributed by atoms with Gasteiger partial charge in [0.2, 0.25) is 0 Å². The Bertz CT molecular complexity index is 588. The van der Waals surface area contributed by atoms with E-state index in [1.54, 1.807) is 12.7 Å². The average molecular weight is 446 g/mol. The topological polar surface area (TPSA) is 12.5 Å². The number of unbranched alkanes of at least 4 members (excludes halogenated alkanes) is 2. The zero-order valence-electron chi connectivity index (χ0n) is 20.5. The van der Waals surface area contributed by atoms with Gasteiger partial charge in [0.15, 0.2) is 0 Å². The van der Waals surface area contributed by atoms with Crippen molar-refractivity contribution < 1.29 is 4.18 Å². The Morgan fingerprint density at radius 3 is 2.13 bits per heavy atom. The minimum absolute atomic E-state index is 0.805. The Balaban J connectivity index is 1.35. The van der Waals surface area contributed by atoms with Gasteiger partial charge in [-0.15, -0.1) is 0 Å². The summed E-state index contributed by atoms with van der Waals surface area (Å²) in [5, 5.41) is 0. The summed E-state index contributed by atoms with van der Waals surface area (Å²) >= 11 is 1.43.